The van der Waals surface area contributed by atoms with Crippen LogP contribution in [0.2, 0.25) is 0 Å². The van der Waals surface area contributed by atoms with Gasteiger partial charge in [-0.15, -0.1) is 0 Å². The van der Waals surface area contributed by atoms with Crippen LogP contribution in [0.1, 0.15) is 86.5 Å². The van der Waals surface area contributed by atoms with Crippen LogP contribution in [0, 0.1) is 47.3 Å². The predicted molar refractivity (Wildman–Crippen MR) is 459 cm³/mol. The van der Waals surface area contributed by atoms with Crippen molar-refractivity contribution in [3.63, 3.8) is 0 Å². The lowest BCUT2D eigenvalue weighted by molar-refractivity contribution is -0.0399. The number of fused-ring (bicyclic) bond motifs is 19. The number of rotatable bonds is 6. The van der Waals surface area contributed by atoms with Crippen molar-refractivity contribution in [2.45, 2.75) is 75.0 Å². The highest BCUT2D eigenvalue weighted by molar-refractivity contribution is 6.15. The number of hydrogen-bond acceptors (Lipinski definition) is 3. The van der Waals surface area contributed by atoms with Crippen molar-refractivity contribution in [3.8, 4) is 67.4 Å². The van der Waals surface area contributed by atoms with Crippen molar-refractivity contribution in [2.24, 2.45) is 47.3 Å². The Hall–Kier alpha value is -12.5. The molecule has 2 spiro atoms. The summed E-state index contributed by atoms with van der Waals surface area (Å²) in [7, 11) is 0. The normalized spacial score (nSPS) is 23.2. The smallest absolute Gasteiger partial charge is 0.156 e. The first-order chi connectivity index (χ1) is 55.5. The van der Waals surface area contributed by atoms with Gasteiger partial charge in [0, 0.05) is 94.7 Å². The molecule has 0 saturated heterocycles. The number of nitrogens with zero attached hydrogens (tertiary/aromatic N) is 7. The Bertz CT molecular complexity index is 7200. The number of hydrogen-bond donors (Lipinski definition) is 0. The van der Waals surface area contributed by atoms with Gasteiger partial charge in [0.25, 0.3) is 0 Å². The fourth-order valence-electron chi connectivity index (χ4n) is 25.9. The summed E-state index contributed by atoms with van der Waals surface area (Å²) in [4.78, 5) is 13.7. The average molecular weight is 1440 g/mol. The van der Waals surface area contributed by atoms with E-state index in [2.05, 4.69) is 312 Å². The maximum Gasteiger partial charge on any atom is 0.156 e. The van der Waals surface area contributed by atoms with Crippen LogP contribution in [0.25, 0.3) is 165 Å². The van der Waals surface area contributed by atoms with Crippen LogP contribution < -0.4 is 0 Å². The first-order valence-electron chi connectivity index (χ1n) is 41.2. The molecule has 8 bridgehead atoms. The molecule has 6 aromatic heterocycles. The van der Waals surface area contributed by atoms with Gasteiger partial charge in [0.2, 0.25) is 0 Å². The van der Waals surface area contributed by atoms with Crippen molar-refractivity contribution in [2.75, 3.05) is 0 Å². The third-order valence-electron chi connectivity index (χ3n) is 29.6. The largest absolute Gasteiger partial charge is 0.309 e. The van der Waals surface area contributed by atoms with E-state index in [9.17, 15) is 0 Å². The van der Waals surface area contributed by atoms with Gasteiger partial charge >= 0.3 is 0 Å². The van der Waals surface area contributed by atoms with E-state index in [1.165, 1.54) is 202 Å². The summed E-state index contributed by atoms with van der Waals surface area (Å²) in [5.74, 6) is 7.55. The van der Waals surface area contributed by atoms with Crippen LogP contribution >= 0.6 is 0 Å². The molecule has 10 aliphatic rings. The van der Waals surface area contributed by atoms with Gasteiger partial charge < -0.3 is 13.7 Å². The van der Waals surface area contributed by atoms with E-state index in [1.54, 1.807) is 34.6 Å². The van der Waals surface area contributed by atoms with Crippen LogP contribution in [-0.4, -0.2) is 33.2 Å². The van der Waals surface area contributed by atoms with Gasteiger partial charge in [0.1, 0.15) is 0 Å². The summed E-state index contributed by atoms with van der Waals surface area (Å²) >= 11 is 0. The molecule has 29 rings (SSSR count). The molecule has 19 aromatic rings. The van der Waals surface area contributed by atoms with E-state index >= 15 is 0 Å². The van der Waals surface area contributed by atoms with Gasteiger partial charge in [-0.05, 0) is 275 Å². The number of para-hydroxylation sites is 4. The van der Waals surface area contributed by atoms with Crippen molar-refractivity contribution in [1.29, 1.82) is 0 Å². The molecule has 112 heavy (non-hydrogen) atoms. The fourth-order valence-corrected chi connectivity index (χ4v) is 25.9. The lowest BCUT2D eigenvalue weighted by atomic mass is 9.43. The zero-order valence-corrected chi connectivity index (χ0v) is 62.3. The van der Waals surface area contributed by atoms with Gasteiger partial charge in [-0.2, -0.15) is 0 Å². The lowest BCUT2D eigenvalue weighted by Gasteiger charge is -2.61. The molecule has 13 aromatic carbocycles. The van der Waals surface area contributed by atoms with Gasteiger partial charge in [0.15, 0.2) is 5.82 Å². The summed E-state index contributed by atoms with van der Waals surface area (Å²) in [5, 5.41) is 12.5. The van der Waals surface area contributed by atoms with Crippen molar-refractivity contribution in [1.82, 2.24) is 33.2 Å². The van der Waals surface area contributed by atoms with E-state index in [0.717, 1.165) is 75.3 Å². The zero-order chi connectivity index (χ0) is 72.8. The van der Waals surface area contributed by atoms with Gasteiger partial charge in [-0.3, -0.25) is 14.5 Å². The second-order valence-corrected chi connectivity index (χ2v) is 34.7. The highest BCUT2D eigenvalue weighted by Crippen LogP contribution is 2.71. The second kappa shape index (κ2) is 23.1. The molecule has 8 fully saturated rings. The summed E-state index contributed by atoms with van der Waals surface area (Å²) < 4.78 is 9.71. The third-order valence-corrected chi connectivity index (χ3v) is 29.6. The minimum absolute atomic E-state index is 0.146. The molecule has 0 N–H and O–H groups in total. The molecular formula is C105H79N7. The zero-order valence-electron chi connectivity index (χ0n) is 62.3. The Kier molecular flexibility index (Phi) is 12.8. The summed E-state index contributed by atoms with van der Waals surface area (Å²) in [5.41, 5.74) is 30.9. The van der Waals surface area contributed by atoms with Crippen molar-refractivity contribution >= 4 is 98.0 Å². The SMILES string of the molecule is c1ccc2c(c1)-c1ccc(-n3c4ccccc4c4cc(-c5ccc6c(c5)c5ccccc5n6-c5cncc6ccccc56)ccc43)cc1C21C2CC3CC(C2)CC1C3.c1ccc2c(c1)-c1ccc(-n3c4ccccc4c4cc(-c5ccc6c(c5)c5ccccc5n6-c5cnccn5)ccc43)cc1C21C2CC3CC(C2)CC1C3. The van der Waals surface area contributed by atoms with Gasteiger partial charge in [-0.25, -0.2) is 4.98 Å². The molecule has 7 nitrogen and oxygen atoms in total. The van der Waals surface area contributed by atoms with Crippen LogP contribution in [-0.2, 0) is 10.8 Å². The minimum atomic E-state index is 0.146. The van der Waals surface area contributed by atoms with E-state index < -0.39 is 0 Å². The topological polar surface area (TPSA) is 58.4 Å². The third kappa shape index (κ3) is 8.42. The molecule has 10 aliphatic carbocycles. The molecular weight excluding hydrogens is 1360 g/mol. The van der Waals surface area contributed by atoms with Crippen LogP contribution in [0.4, 0.5) is 0 Å². The summed E-state index contributed by atoms with van der Waals surface area (Å²) in [6.45, 7) is 0. The monoisotopic (exact) mass is 1440 g/mol. The standard InChI is InChI=1S/C55H41N3.C50H38N4/c1-2-10-41-37(9-1)31-56-32-54(41)58-51-16-8-5-13-45(51)47-29-36(18-22-53(47)58)35-17-21-52-46(28-35)44-12-4-7-15-50(44)57(52)40-19-20-43-42-11-3-6-14-48(42)55(49(43)30-40)38-24-33-23-34(26-38)27-39(55)25-33;1-4-10-43-37(7-1)38-16-15-36(28-44(38)50(43)34-22-30-21-31(24-34)25-35(50)23-30)53-45-11-5-2-8-39(45)41-26-32(13-17-47(41)53)33-14-18-48-42(27-33)40-9-3-6-12-46(40)54(48)49-29-51-19-20-52-49/h1-22,28-34,38-39H,23-27H2;1-20,26-31,34-35H,21-25H2. The van der Waals surface area contributed by atoms with Gasteiger partial charge in [0.05, 0.1) is 62.2 Å². The highest BCUT2D eigenvalue weighted by atomic mass is 15.1. The van der Waals surface area contributed by atoms with Crippen LogP contribution in [0.3, 0.4) is 0 Å². The summed E-state index contributed by atoms with van der Waals surface area (Å²) in [6, 6.07) is 106. The maximum atomic E-state index is 4.67. The average Bonchev–Trinajstić information content (AvgIpc) is 1.49. The Labute approximate surface area is 649 Å². The Morgan fingerprint density at radius 3 is 1.04 bits per heavy atom. The molecule has 0 amide bonds. The fraction of sp³-hybridized carbons (Fsp3) is 0.190. The van der Waals surface area contributed by atoms with E-state index in [0.29, 0.717) is 0 Å². The molecule has 0 radical (unpaired) electrons. The van der Waals surface area contributed by atoms with Crippen LogP contribution in [0.5, 0.6) is 0 Å². The molecule has 0 atom stereocenters. The molecule has 0 aliphatic heterocycles. The van der Waals surface area contributed by atoms with Crippen molar-refractivity contribution < 1.29 is 0 Å². The number of benzene rings is 13. The molecule has 6 heterocycles. The molecule has 7 heteroatoms. The predicted octanol–water partition coefficient (Wildman–Crippen LogP) is 25.9. The lowest BCUT2D eigenvalue weighted by Crippen LogP contribution is -2.55. The molecule has 8 saturated carbocycles. The minimum Gasteiger partial charge on any atom is -0.309 e. The Balaban J connectivity index is 0.000000124. The van der Waals surface area contributed by atoms with Crippen molar-refractivity contribution in [3.05, 3.63) is 332 Å². The van der Waals surface area contributed by atoms with E-state index in [4.69, 9.17) is 0 Å². The highest BCUT2D eigenvalue weighted by Gasteiger charge is 2.63. The quantitative estimate of drug-likeness (QED) is 0.167. The molecule has 0 unspecified atom stereocenters. The first kappa shape index (κ1) is 62.3. The Morgan fingerprint density at radius 1 is 0.250 bits per heavy atom. The number of pyridine rings is 1. The number of aromatic nitrogens is 7. The van der Waals surface area contributed by atoms with E-state index in [-0.39, 0.29) is 10.8 Å². The summed E-state index contributed by atoms with van der Waals surface area (Å²) in [6.07, 6.45) is 23.4. The van der Waals surface area contributed by atoms with E-state index in [1.807, 2.05) is 18.6 Å². The second-order valence-electron chi connectivity index (χ2n) is 34.7. The Morgan fingerprint density at radius 2 is 0.607 bits per heavy atom. The molecule has 534 valence electrons. The van der Waals surface area contributed by atoms with Crippen LogP contribution in [0.15, 0.2) is 310 Å². The first-order valence-corrected chi connectivity index (χ1v) is 41.2. The van der Waals surface area contributed by atoms with Gasteiger partial charge in [-0.1, -0.05) is 182 Å². The maximum absolute atomic E-state index is 4.67.